The molecule has 1 aliphatic carbocycles. The minimum Gasteiger partial charge on any atom is -0.390 e. The third-order valence-corrected chi connectivity index (χ3v) is 5.38. The Morgan fingerprint density at radius 1 is 1.00 bits per heavy atom. The summed E-state index contributed by atoms with van der Waals surface area (Å²) in [4.78, 5) is 2.52. The van der Waals surface area contributed by atoms with Crippen LogP contribution in [0.25, 0.3) is 0 Å². The summed E-state index contributed by atoms with van der Waals surface area (Å²) >= 11 is 0. The minimum atomic E-state index is -0.607. The van der Waals surface area contributed by atoms with Crippen LogP contribution in [0.5, 0.6) is 0 Å². The van der Waals surface area contributed by atoms with E-state index in [0.717, 1.165) is 43.9 Å². The number of hydrogen-bond donors (Lipinski definition) is 3. The lowest BCUT2D eigenvalue weighted by molar-refractivity contribution is -0.0168. The second-order valence-electron chi connectivity index (χ2n) is 7.11. The van der Waals surface area contributed by atoms with Crippen LogP contribution in [0.1, 0.15) is 51.4 Å². The van der Waals surface area contributed by atoms with Gasteiger partial charge in [-0.05, 0) is 51.6 Å². The molecule has 23 heavy (non-hydrogen) atoms. The van der Waals surface area contributed by atoms with E-state index in [1.165, 1.54) is 32.4 Å². The molecule has 1 saturated carbocycles. The zero-order valence-corrected chi connectivity index (χ0v) is 14.0. The number of nitrogens with zero attached hydrogens (tertiary/aromatic N) is 3. The van der Waals surface area contributed by atoms with Crippen molar-refractivity contribution < 1.29 is 10.2 Å². The first kappa shape index (κ1) is 16.9. The molecule has 0 aromatic carbocycles. The Morgan fingerprint density at radius 2 is 1.83 bits per heavy atom. The molecule has 3 N–H and O–H groups in total. The van der Waals surface area contributed by atoms with Crippen molar-refractivity contribution in [1.82, 2.24) is 10.2 Å². The topological polar surface area (TPSA) is 80.5 Å². The molecule has 1 saturated heterocycles. The second kappa shape index (κ2) is 8.22. The van der Waals surface area contributed by atoms with E-state index in [1.54, 1.807) is 0 Å². The molecule has 2 heterocycles. The van der Waals surface area contributed by atoms with Crippen molar-refractivity contribution in [3.8, 4) is 0 Å². The number of nitrogens with one attached hydrogen (secondary N) is 1. The number of likely N-dealkylation sites (tertiary alicyclic amines) is 1. The smallest absolute Gasteiger partial charge is 0.125 e. The minimum absolute atomic E-state index is 0.284. The molecule has 3 unspecified atom stereocenters. The summed E-state index contributed by atoms with van der Waals surface area (Å²) in [7, 11) is 0. The van der Waals surface area contributed by atoms with Crippen LogP contribution in [-0.4, -0.2) is 65.0 Å². The summed E-state index contributed by atoms with van der Waals surface area (Å²) in [5.74, 6) is 1.27. The third kappa shape index (κ3) is 4.75. The number of hydrogen-bond acceptors (Lipinski definition) is 6. The molecule has 2 aliphatic heterocycles. The van der Waals surface area contributed by atoms with Crippen LogP contribution in [-0.2, 0) is 0 Å². The quantitative estimate of drug-likeness (QED) is 0.725. The number of rotatable bonds is 4. The highest BCUT2D eigenvalue weighted by Gasteiger charge is 2.31. The Bertz CT molecular complexity index is 446. The van der Waals surface area contributed by atoms with Crippen molar-refractivity contribution >= 4 is 11.5 Å². The van der Waals surface area contributed by atoms with Gasteiger partial charge in [-0.15, -0.1) is 5.10 Å². The van der Waals surface area contributed by atoms with Crippen LogP contribution >= 0.6 is 0 Å². The van der Waals surface area contributed by atoms with E-state index < -0.39 is 12.2 Å². The molecule has 3 rings (SSSR count). The van der Waals surface area contributed by atoms with Gasteiger partial charge in [0.25, 0.3) is 0 Å². The molecular weight excluding hydrogens is 292 g/mol. The van der Waals surface area contributed by atoms with Crippen molar-refractivity contribution in [2.75, 3.05) is 26.2 Å². The summed E-state index contributed by atoms with van der Waals surface area (Å²) in [6.45, 7) is 4.49. The molecule has 0 aromatic rings. The van der Waals surface area contributed by atoms with E-state index in [0.29, 0.717) is 12.8 Å². The molecule has 3 aliphatic rings. The highest BCUT2D eigenvalue weighted by atomic mass is 16.3. The van der Waals surface area contributed by atoms with E-state index in [-0.39, 0.29) is 5.92 Å². The second-order valence-corrected chi connectivity index (χ2v) is 7.11. The van der Waals surface area contributed by atoms with Crippen molar-refractivity contribution in [2.24, 2.45) is 16.1 Å². The summed E-state index contributed by atoms with van der Waals surface area (Å²) in [5.41, 5.74) is 1.09. The van der Waals surface area contributed by atoms with Crippen molar-refractivity contribution in [3.05, 3.63) is 0 Å². The molecular formula is C17H30N4O2. The van der Waals surface area contributed by atoms with Crippen LogP contribution in [0.3, 0.4) is 0 Å². The predicted molar refractivity (Wildman–Crippen MR) is 91.8 cm³/mol. The first-order chi connectivity index (χ1) is 11.2. The maximum Gasteiger partial charge on any atom is 0.125 e. The van der Waals surface area contributed by atoms with Crippen molar-refractivity contribution in [1.29, 1.82) is 0 Å². The number of aliphatic hydroxyl groups excluding tert-OH is 2. The van der Waals surface area contributed by atoms with Gasteiger partial charge in [0.05, 0.1) is 12.2 Å². The first-order valence-electron chi connectivity index (χ1n) is 9.18. The molecule has 0 bridgehead atoms. The molecule has 6 heteroatoms. The van der Waals surface area contributed by atoms with Gasteiger partial charge in [0, 0.05) is 31.1 Å². The number of aliphatic hydroxyl groups is 2. The summed E-state index contributed by atoms with van der Waals surface area (Å²) in [6.07, 6.45) is 6.88. The van der Waals surface area contributed by atoms with Crippen LogP contribution < -0.4 is 5.32 Å². The zero-order chi connectivity index (χ0) is 16.1. The van der Waals surface area contributed by atoms with Crippen LogP contribution in [0.2, 0.25) is 0 Å². The fourth-order valence-corrected chi connectivity index (χ4v) is 3.86. The maximum atomic E-state index is 9.81. The fraction of sp³-hybridized carbons (Fsp3) is 0.882. The molecule has 0 radical (unpaired) electrons. The van der Waals surface area contributed by atoms with Gasteiger partial charge < -0.3 is 20.4 Å². The van der Waals surface area contributed by atoms with Gasteiger partial charge in [-0.2, -0.15) is 5.10 Å². The van der Waals surface area contributed by atoms with E-state index in [2.05, 4.69) is 20.4 Å². The zero-order valence-electron chi connectivity index (χ0n) is 14.0. The molecule has 0 spiro atoms. The Hall–Kier alpha value is -0.980. The van der Waals surface area contributed by atoms with Gasteiger partial charge in [0.2, 0.25) is 0 Å². The fourth-order valence-electron chi connectivity index (χ4n) is 3.86. The lowest BCUT2D eigenvalue weighted by Gasteiger charge is -2.31. The van der Waals surface area contributed by atoms with Gasteiger partial charge in [0.1, 0.15) is 5.84 Å². The molecule has 6 nitrogen and oxygen atoms in total. The van der Waals surface area contributed by atoms with Gasteiger partial charge in [-0.1, -0.05) is 6.42 Å². The van der Waals surface area contributed by atoms with Gasteiger partial charge in [-0.3, -0.25) is 0 Å². The Kier molecular flexibility index (Phi) is 6.02. The maximum absolute atomic E-state index is 9.81. The standard InChI is InChI=1S/C17H30N4O2/c22-15-6-4-13(12-16(15)23)14-5-7-17(20-19-14)18-8-11-21-9-2-1-3-10-21/h13,15-16,22-23H,1-12H2,(H,18,20). The van der Waals surface area contributed by atoms with E-state index in [1.807, 2.05) is 0 Å². The molecule has 0 aromatic heterocycles. The monoisotopic (exact) mass is 322 g/mol. The lowest BCUT2D eigenvalue weighted by Crippen LogP contribution is -2.39. The average Bonchev–Trinajstić information content (AvgIpc) is 2.59. The lowest BCUT2D eigenvalue weighted by atomic mass is 9.81. The van der Waals surface area contributed by atoms with E-state index >= 15 is 0 Å². The number of piperidine rings is 1. The van der Waals surface area contributed by atoms with Gasteiger partial charge >= 0.3 is 0 Å². The highest BCUT2D eigenvalue weighted by Crippen LogP contribution is 2.28. The van der Waals surface area contributed by atoms with Crippen LogP contribution in [0.15, 0.2) is 10.2 Å². The number of amidine groups is 1. The normalized spacial score (nSPS) is 33.0. The average molecular weight is 322 g/mol. The Labute approximate surface area is 138 Å². The van der Waals surface area contributed by atoms with Crippen LogP contribution in [0.4, 0.5) is 0 Å². The van der Waals surface area contributed by atoms with Crippen molar-refractivity contribution in [2.45, 2.75) is 63.6 Å². The highest BCUT2D eigenvalue weighted by molar-refractivity contribution is 5.95. The Morgan fingerprint density at radius 3 is 2.52 bits per heavy atom. The summed E-state index contributed by atoms with van der Waals surface area (Å²) < 4.78 is 0. The van der Waals surface area contributed by atoms with Gasteiger partial charge in [0.15, 0.2) is 0 Å². The van der Waals surface area contributed by atoms with Gasteiger partial charge in [-0.25, -0.2) is 0 Å². The summed E-state index contributed by atoms with van der Waals surface area (Å²) in [6, 6.07) is 0. The van der Waals surface area contributed by atoms with E-state index in [4.69, 9.17) is 0 Å². The molecule has 0 amide bonds. The molecule has 3 atom stereocenters. The molecule has 2 fully saturated rings. The molecule has 130 valence electrons. The van der Waals surface area contributed by atoms with Crippen molar-refractivity contribution in [3.63, 3.8) is 0 Å². The SMILES string of the molecule is OC1CCC(C2=NN=C(NCCN3CCCCC3)CC2)CC1O. The van der Waals surface area contributed by atoms with E-state index in [9.17, 15) is 10.2 Å². The largest absolute Gasteiger partial charge is 0.390 e. The Balaban J connectivity index is 1.42. The summed E-state index contributed by atoms with van der Waals surface area (Å²) in [5, 5.41) is 31.6. The predicted octanol–water partition coefficient (Wildman–Crippen LogP) is 1.13. The third-order valence-electron chi connectivity index (χ3n) is 5.38. The van der Waals surface area contributed by atoms with Crippen LogP contribution in [0, 0.1) is 5.92 Å². The first-order valence-corrected chi connectivity index (χ1v) is 9.18.